The van der Waals surface area contributed by atoms with Crippen molar-refractivity contribution >= 4 is 29.2 Å². The van der Waals surface area contributed by atoms with Crippen molar-refractivity contribution in [1.29, 1.82) is 0 Å². The molecule has 0 unspecified atom stereocenters. The molecule has 5 saturated carbocycles. The Morgan fingerprint density at radius 3 is 2.21 bits per heavy atom. The number of fused-ring (bicyclic) bond motifs is 1. The van der Waals surface area contributed by atoms with Crippen LogP contribution in [0.4, 0.5) is 5.69 Å². The summed E-state index contributed by atoms with van der Waals surface area (Å²) in [5.74, 6) is 0.762. The smallest absolute Gasteiger partial charge is 0.307 e. The second-order valence-electron chi connectivity index (χ2n) is 12.4. The van der Waals surface area contributed by atoms with Crippen molar-refractivity contribution in [3.8, 4) is 11.5 Å². The van der Waals surface area contributed by atoms with Gasteiger partial charge in [-0.25, -0.2) is 5.43 Å². The van der Waals surface area contributed by atoms with Crippen LogP contribution in [-0.2, 0) is 14.4 Å². The van der Waals surface area contributed by atoms with Gasteiger partial charge in [0.05, 0.1) is 23.2 Å². The number of benzene rings is 1. The quantitative estimate of drug-likeness (QED) is 0.352. The fourth-order valence-electron chi connectivity index (χ4n) is 8.40. The molecular formula is C29H37N3O6. The van der Waals surface area contributed by atoms with Gasteiger partial charge in [-0.1, -0.05) is 12.8 Å². The molecule has 2 amide bonds. The number of carboxylic acid groups (broad SMARTS) is 1. The van der Waals surface area contributed by atoms with Gasteiger partial charge in [-0.05, 0) is 87.5 Å². The number of hydrogen-bond donors (Lipinski definition) is 3. The van der Waals surface area contributed by atoms with Gasteiger partial charge in [0.25, 0.3) is 0 Å². The van der Waals surface area contributed by atoms with Crippen LogP contribution in [0, 0.1) is 35.0 Å². The Bertz CT molecular complexity index is 1140. The molecule has 0 spiro atoms. The second-order valence-corrected chi connectivity index (χ2v) is 12.4. The normalized spacial score (nSPS) is 33.2. The molecule has 4 bridgehead atoms. The number of nitrogens with zero attached hydrogens (tertiary/aromatic N) is 1. The van der Waals surface area contributed by atoms with Gasteiger partial charge in [-0.3, -0.25) is 14.4 Å². The van der Waals surface area contributed by atoms with E-state index in [0.29, 0.717) is 47.7 Å². The van der Waals surface area contributed by atoms with Gasteiger partial charge in [-0.2, -0.15) is 5.10 Å². The third-order valence-electron chi connectivity index (χ3n) is 9.63. The van der Waals surface area contributed by atoms with Gasteiger partial charge in [0.15, 0.2) is 11.5 Å². The molecular weight excluding hydrogens is 486 g/mol. The Hall–Kier alpha value is -3.10. The van der Waals surface area contributed by atoms with Crippen molar-refractivity contribution in [1.82, 2.24) is 5.43 Å². The van der Waals surface area contributed by atoms with Crippen LogP contribution in [0.25, 0.3) is 0 Å². The molecule has 1 aromatic carbocycles. The number of aliphatic carboxylic acids is 1. The number of amides is 2. The molecule has 0 aromatic heterocycles. The zero-order valence-electron chi connectivity index (χ0n) is 22.0. The minimum atomic E-state index is -0.935. The molecule has 38 heavy (non-hydrogen) atoms. The fourth-order valence-corrected chi connectivity index (χ4v) is 8.40. The first kappa shape index (κ1) is 25.2. The standard InChI is InChI=1S/C29H37N3O6/c1-16(31-32-26(33)14-29-11-17-6-18(12-29)8-19(7-17)13-29)22-9-24-25(38-15-37-24)10-23(22)30-27(34)20-4-2-3-5-21(20)28(35)36/h9-10,17-21H,2-8,11-15H2,1H3,(H,30,34)(H,32,33)(H,35,36)/b31-16-/t17?,18?,19?,20-,21+,29?/m0/s1. The largest absolute Gasteiger partial charge is 0.481 e. The van der Waals surface area contributed by atoms with Crippen LogP contribution in [0.15, 0.2) is 17.2 Å². The van der Waals surface area contributed by atoms with E-state index in [1.165, 1.54) is 19.3 Å². The number of nitrogens with one attached hydrogen (secondary N) is 2. The minimum absolute atomic E-state index is 0.0656. The van der Waals surface area contributed by atoms with E-state index in [9.17, 15) is 19.5 Å². The van der Waals surface area contributed by atoms with Crippen molar-refractivity contribution in [2.45, 2.75) is 77.6 Å². The highest BCUT2D eigenvalue weighted by Gasteiger charge is 2.51. The number of hydrazone groups is 1. The van der Waals surface area contributed by atoms with Gasteiger partial charge in [0, 0.05) is 18.1 Å². The van der Waals surface area contributed by atoms with Crippen molar-refractivity contribution < 1.29 is 29.0 Å². The molecule has 9 nitrogen and oxygen atoms in total. The number of anilines is 1. The van der Waals surface area contributed by atoms with E-state index in [2.05, 4.69) is 15.8 Å². The number of carboxylic acids is 1. The summed E-state index contributed by atoms with van der Waals surface area (Å²) in [5, 5.41) is 17.0. The molecule has 1 aromatic rings. The molecule has 0 radical (unpaired) electrons. The first-order valence-electron chi connectivity index (χ1n) is 14.1. The summed E-state index contributed by atoms with van der Waals surface area (Å²) in [6.45, 7) is 1.85. The molecule has 6 aliphatic rings. The predicted octanol–water partition coefficient (Wildman–Crippen LogP) is 4.69. The molecule has 204 valence electrons. The van der Waals surface area contributed by atoms with Gasteiger partial charge in [0.1, 0.15) is 0 Å². The van der Waals surface area contributed by atoms with Crippen molar-refractivity contribution in [3.05, 3.63) is 17.7 Å². The van der Waals surface area contributed by atoms with E-state index < -0.39 is 17.8 Å². The lowest BCUT2D eigenvalue weighted by atomic mass is 9.49. The van der Waals surface area contributed by atoms with Crippen LogP contribution in [-0.4, -0.2) is 35.4 Å². The van der Waals surface area contributed by atoms with E-state index in [0.717, 1.165) is 49.9 Å². The second kappa shape index (κ2) is 9.89. The van der Waals surface area contributed by atoms with E-state index in [-0.39, 0.29) is 24.0 Å². The Labute approximate surface area is 222 Å². The lowest BCUT2D eigenvalue weighted by Gasteiger charge is -2.56. The molecule has 5 aliphatic carbocycles. The van der Waals surface area contributed by atoms with Gasteiger partial charge in [0.2, 0.25) is 18.6 Å². The first-order chi connectivity index (χ1) is 18.3. The first-order valence-corrected chi connectivity index (χ1v) is 14.1. The Balaban J connectivity index is 1.18. The van der Waals surface area contributed by atoms with E-state index in [1.54, 1.807) is 19.1 Å². The number of ether oxygens (including phenoxy) is 2. The zero-order valence-corrected chi connectivity index (χ0v) is 22.0. The number of carbonyl (C=O) groups excluding carboxylic acids is 2. The lowest BCUT2D eigenvalue weighted by molar-refractivity contribution is -0.147. The van der Waals surface area contributed by atoms with Gasteiger partial charge >= 0.3 is 5.97 Å². The average molecular weight is 524 g/mol. The Morgan fingerprint density at radius 1 is 0.974 bits per heavy atom. The molecule has 3 N–H and O–H groups in total. The number of hydrogen-bond acceptors (Lipinski definition) is 6. The molecule has 7 rings (SSSR count). The molecule has 5 fully saturated rings. The maximum absolute atomic E-state index is 13.2. The average Bonchev–Trinajstić information content (AvgIpc) is 3.33. The predicted molar refractivity (Wildman–Crippen MR) is 140 cm³/mol. The molecule has 9 heteroatoms. The molecule has 2 atom stereocenters. The maximum atomic E-state index is 13.2. The topological polar surface area (TPSA) is 126 Å². The summed E-state index contributed by atoms with van der Waals surface area (Å²) in [7, 11) is 0. The summed E-state index contributed by atoms with van der Waals surface area (Å²) in [4.78, 5) is 38.0. The van der Waals surface area contributed by atoms with E-state index >= 15 is 0 Å². The van der Waals surface area contributed by atoms with Crippen LogP contribution in [0.2, 0.25) is 0 Å². The summed E-state index contributed by atoms with van der Waals surface area (Å²) in [5.41, 5.74) is 4.49. The highest BCUT2D eigenvalue weighted by atomic mass is 16.7. The lowest BCUT2D eigenvalue weighted by Crippen LogP contribution is -2.47. The zero-order chi connectivity index (χ0) is 26.4. The summed E-state index contributed by atoms with van der Waals surface area (Å²) in [6.07, 6.45) is 10.7. The van der Waals surface area contributed by atoms with Crippen LogP contribution in [0.5, 0.6) is 11.5 Å². The minimum Gasteiger partial charge on any atom is -0.481 e. The van der Waals surface area contributed by atoms with Gasteiger partial charge < -0.3 is 19.9 Å². The van der Waals surface area contributed by atoms with Crippen LogP contribution in [0.3, 0.4) is 0 Å². The van der Waals surface area contributed by atoms with Crippen LogP contribution >= 0.6 is 0 Å². The van der Waals surface area contributed by atoms with E-state index in [4.69, 9.17) is 9.47 Å². The maximum Gasteiger partial charge on any atom is 0.307 e. The monoisotopic (exact) mass is 523 g/mol. The fraction of sp³-hybridized carbons (Fsp3) is 0.655. The molecule has 1 heterocycles. The Kier molecular flexibility index (Phi) is 6.56. The summed E-state index contributed by atoms with van der Waals surface area (Å²) >= 11 is 0. The highest BCUT2D eigenvalue weighted by Crippen LogP contribution is 2.61. The summed E-state index contributed by atoms with van der Waals surface area (Å²) in [6, 6.07) is 3.43. The number of carbonyl (C=O) groups is 3. The third kappa shape index (κ3) is 4.87. The SMILES string of the molecule is C/C(=N/NC(=O)CC12CC3CC(CC(C3)C1)C2)c1cc2c(cc1NC(=O)[C@H]1CCCC[C@H]1C(=O)O)OCO2. The summed E-state index contributed by atoms with van der Waals surface area (Å²) < 4.78 is 11.1. The van der Waals surface area contributed by atoms with Crippen molar-refractivity contribution in [3.63, 3.8) is 0 Å². The van der Waals surface area contributed by atoms with E-state index in [1.807, 2.05) is 0 Å². The Morgan fingerprint density at radius 2 is 1.58 bits per heavy atom. The van der Waals surface area contributed by atoms with Gasteiger partial charge in [-0.15, -0.1) is 0 Å². The molecule has 0 saturated heterocycles. The van der Waals surface area contributed by atoms with Crippen molar-refractivity contribution in [2.24, 2.45) is 40.1 Å². The van der Waals surface area contributed by atoms with Crippen LogP contribution < -0.4 is 20.2 Å². The van der Waals surface area contributed by atoms with Crippen LogP contribution in [0.1, 0.15) is 83.1 Å². The number of rotatable bonds is 7. The van der Waals surface area contributed by atoms with Crippen molar-refractivity contribution in [2.75, 3.05) is 12.1 Å². The molecule has 1 aliphatic heterocycles. The highest BCUT2D eigenvalue weighted by molar-refractivity contribution is 6.08. The third-order valence-corrected chi connectivity index (χ3v) is 9.63.